The Morgan fingerprint density at radius 3 is 2.40 bits per heavy atom. The summed E-state index contributed by atoms with van der Waals surface area (Å²) in [5.41, 5.74) is 3.43. The van der Waals surface area contributed by atoms with Crippen molar-refractivity contribution >= 4 is 33.4 Å². The molecule has 0 saturated carbocycles. The van der Waals surface area contributed by atoms with Crippen LogP contribution in [0.5, 0.6) is 0 Å². The molecule has 0 radical (unpaired) electrons. The molecule has 0 spiro atoms. The lowest BCUT2D eigenvalue weighted by molar-refractivity contribution is -0.120. The fraction of sp³-hybridized carbons (Fsp3) is 0.0938. The molecule has 8 nitrogen and oxygen atoms in total. The number of amides is 1. The molecule has 0 unspecified atom stereocenters. The number of carbonyl (C=O) groups excluding carboxylic acids is 2. The molecule has 40 heavy (non-hydrogen) atoms. The molecule has 8 heteroatoms. The number of rotatable bonds is 8. The van der Waals surface area contributed by atoms with Crippen LogP contribution in [0.2, 0.25) is 0 Å². The summed E-state index contributed by atoms with van der Waals surface area (Å²) in [6.45, 7) is 0.673. The molecule has 2 heterocycles. The van der Waals surface area contributed by atoms with Crippen molar-refractivity contribution in [3.63, 3.8) is 0 Å². The Morgan fingerprint density at radius 2 is 1.57 bits per heavy atom. The topological polar surface area (TPSA) is 107 Å². The third-order valence-corrected chi connectivity index (χ3v) is 6.72. The number of hydrogen-bond acceptors (Lipinski definition) is 6. The molecule has 1 N–H and O–H groups in total. The first-order valence-corrected chi connectivity index (χ1v) is 12.8. The second kappa shape index (κ2) is 10.8. The Labute approximate surface area is 228 Å². The van der Waals surface area contributed by atoms with Crippen LogP contribution in [0.4, 0.5) is 0 Å². The Morgan fingerprint density at radius 1 is 0.825 bits per heavy atom. The zero-order valence-corrected chi connectivity index (χ0v) is 21.4. The maximum atomic E-state index is 12.8. The number of hydrogen-bond donors (Lipinski definition) is 1. The Hall–Kier alpha value is -5.37. The van der Waals surface area contributed by atoms with E-state index in [0.717, 1.165) is 21.7 Å². The third-order valence-electron chi connectivity index (χ3n) is 6.72. The molecule has 4 aromatic carbocycles. The first kappa shape index (κ1) is 24.9. The SMILES string of the molecule is O=C(Cc1cc(=O)oc2c1ccc1ccccc12)NCc1cn(Cc2ccc(C(=O)c3ccccc3)cc2)nn1. The van der Waals surface area contributed by atoms with E-state index in [1.807, 2.05) is 66.7 Å². The predicted octanol–water partition coefficient (Wildman–Crippen LogP) is 4.68. The first-order chi connectivity index (χ1) is 19.5. The molecule has 0 atom stereocenters. The molecule has 2 aromatic heterocycles. The molecular weight excluding hydrogens is 504 g/mol. The predicted molar refractivity (Wildman–Crippen MR) is 151 cm³/mol. The highest BCUT2D eigenvalue weighted by molar-refractivity contribution is 6.09. The lowest BCUT2D eigenvalue weighted by Gasteiger charge is -2.08. The number of carbonyl (C=O) groups is 2. The quantitative estimate of drug-likeness (QED) is 0.175. The van der Waals surface area contributed by atoms with Crippen LogP contribution in [0.15, 0.2) is 112 Å². The van der Waals surface area contributed by atoms with E-state index in [-0.39, 0.29) is 24.7 Å². The third kappa shape index (κ3) is 5.28. The Bertz CT molecular complexity index is 1910. The Kier molecular flexibility index (Phi) is 6.72. The first-order valence-electron chi connectivity index (χ1n) is 12.8. The molecule has 6 rings (SSSR count). The number of nitrogens with one attached hydrogen (secondary N) is 1. The Balaban J connectivity index is 1.08. The van der Waals surface area contributed by atoms with Gasteiger partial charge in [-0.15, -0.1) is 5.10 Å². The number of ketones is 1. The monoisotopic (exact) mass is 528 g/mol. The minimum atomic E-state index is -0.493. The molecule has 0 bridgehead atoms. The zero-order valence-electron chi connectivity index (χ0n) is 21.4. The zero-order chi connectivity index (χ0) is 27.5. The second-order valence-corrected chi connectivity index (χ2v) is 9.51. The van der Waals surface area contributed by atoms with E-state index in [2.05, 4.69) is 15.6 Å². The maximum Gasteiger partial charge on any atom is 0.336 e. The van der Waals surface area contributed by atoms with Crippen molar-refractivity contribution in [2.75, 3.05) is 0 Å². The molecule has 1 amide bonds. The highest BCUT2D eigenvalue weighted by Crippen LogP contribution is 2.26. The van der Waals surface area contributed by atoms with Crippen LogP contribution < -0.4 is 10.9 Å². The largest absolute Gasteiger partial charge is 0.422 e. The van der Waals surface area contributed by atoms with Gasteiger partial charge in [-0.3, -0.25) is 9.59 Å². The van der Waals surface area contributed by atoms with Gasteiger partial charge in [0.2, 0.25) is 5.91 Å². The van der Waals surface area contributed by atoms with Crippen molar-refractivity contribution in [3.8, 4) is 0 Å². The van der Waals surface area contributed by atoms with E-state index in [1.54, 1.807) is 35.1 Å². The van der Waals surface area contributed by atoms with Crippen molar-refractivity contribution in [2.45, 2.75) is 19.5 Å². The van der Waals surface area contributed by atoms with Gasteiger partial charge in [0.05, 0.1) is 25.7 Å². The van der Waals surface area contributed by atoms with Crippen LogP contribution in [-0.4, -0.2) is 26.7 Å². The highest BCUT2D eigenvalue weighted by Gasteiger charge is 2.13. The van der Waals surface area contributed by atoms with Crippen molar-refractivity contribution in [1.82, 2.24) is 20.3 Å². The number of nitrogens with zero attached hydrogens (tertiary/aromatic N) is 3. The van der Waals surface area contributed by atoms with Gasteiger partial charge < -0.3 is 9.73 Å². The van der Waals surface area contributed by atoms with Gasteiger partial charge in [-0.1, -0.05) is 96.2 Å². The normalized spacial score (nSPS) is 11.1. The van der Waals surface area contributed by atoms with Gasteiger partial charge in [-0.25, -0.2) is 9.48 Å². The van der Waals surface area contributed by atoms with Gasteiger partial charge in [0.15, 0.2) is 5.78 Å². The standard InChI is InChI=1S/C32H24N4O4/c37-29(16-25-17-30(38)40-32-27-9-5-4-6-22(27)14-15-28(25)32)33-18-26-20-36(35-34-26)19-21-10-12-24(13-11-21)31(39)23-7-2-1-3-8-23/h1-15,17,20H,16,18-19H2,(H,33,37). The summed E-state index contributed by atoms with van der Waals surface area (Å²) in [6.07, 6.45) is 1.80. The fourth-order valence-corrected chi connectivity index (χ4v) is 4.73. The van der Waals surface area contributed by atoms with Gasteiger partial charge in [0.1, 0.15) is 11.3 Å². The lowest BCUT2D eigenvalue weighted by Crippen LogP contribution is -2.25. The van der Waals surface area contributed by atoms with Gasteiger partial charge in [0.25, 0.3) is 0 Å². The van der Waals surface area contributed by atoms with Gasteiger partial charge in [-0.05, 0) is 16.5 Å². The van der Waals surface area contributed by atoms with Gasteiger partial charge in [0, 0.05) is 28.0 Å². The van der Waals surface area contributed by atoms with E-state index in [4.69, 9.17) is 4.42 Å². The van der Waals surface area contributed by atoms with Crippen molar-refractivity contribution in [1.29, 1.82) is 0 Å². The van der Waals surface area contributed by atoms with Crippen LogP contribution in [-0.2, 0) is 24.3 Å². The van der Waals surface area contributed by atoms with Crippen LogP contribution in [0, 0.1) is 0 Å². The van der Waals surface area contributed by atoms with E-state index in [1.165, 1.54) is 6.07 Å². The van der Waals surface area contributed by atoms with E-state index >= 15 is 0 Å². The van der Waals surface area contributed by atoms with Crippen LogP contribution >= 0.6 is 0 Å². The summed E-state index contributed by atoms with van der Waals surface area (Å²) in [4.78, 5) is 37.6. The van der Waals surface area contributed by atoms with Gasteiger partial charge >= 0.3 is 5.63 Å². The van der Waals surface area contributed by atoms with E-state index in [9.17, 15) is 14.4 Å². The summed E-state index contributed by atoms with van der Waals surface area (Å²) >= 11 is 0. The summed E-state index contributed by atoms with van der Waals surface area (Å²) < 4.78 is 7.17. The molecule has 0 saturated heterocycles. The van der Waals surface area contributed by atoms with Crippen molar-refractivity contribution < 1.29 is 14.0 Å². The molecule has 0 aliphatic heterocycles. The molecule has 0 aliphatic carbocycles. The minimum Gasteiger partial charge on any atom is -0.422 e. The average Bonchev–Trinajstić information content (AvgIpc) is 3.43. The number of benzene rings is 4. The minimum absolute atomic E-state index is 0.0244. The summed E-state index contributed by atoms with van der Waals surface area (Å²) in [7, 11) is 0. The summed E-state index contributed by atoms with van der Waals surface area (Å²) in [5, 5.41) is 13.7. The average molecular weight is 529 g/mol. The van der Waals surface area contributed by atoms with Crippen molar-refractivity contribution in [3.05, 3.63) is 142 Å². The molecule has 0 aliphatic rings. The second-order valence-electron chi connectivity index (χ2n) is 9.51. The van der Waals surface area contributed by atoms with Crippen molar-refractivity contribution in [2.24, 2.45) is 0 Å². The molecule has 6 aromatic rings. The summed E-state index contributed by atoms with van der Waals surface area (Å²) in [5.74, 6) is -0.267. The molecule has 196 valence electrons. The number of aromatic nitrogens is 3. The van der Waals surface area contributed by atoms with Crippen LogP contribution in [0.1, 0.15) is 32.7 Å². The van der Waals surface area contributed by atoms with Crippen LogP contribution in [0.25, 0.3) is 21.7 Å². The molecular formula is C32H24N4O4. The lowest BCUT2D eigenvalue weighted by atomic mass is 10.0. The van der Waals surface area contributed by atoms with Gasteiger partial charge in [-0.2, -0.15) is 0 Å². The maximum absolute atomic E-state index is 12.8. The number of fused-ring (bicyclic) bond motifs is 3. The van der Waals surface area contributed by atoms with Crippen LogP contribution in [0.3, 0.4) is 0 Å². The summed E-state index contributed by atoms with van der Waals surface area (Å²) in [6, 6.07) is 29.4. The van der Waals surface area contributed by atoms with E-state index < -0.39 is 5.63 Å². The van der Waals surface area contributed by atoms with E-state index in [0.29, 0.717) is 34.5 Å². The smallest absolute Gasteiger partial charge is 0.336 e. The molecule has 0 fully saturated rings. The highest BCUT2D eigenvalue weighted by atomic mass is 16.4. The fourth-order valence-electron chi connectivity index (χ4n) is 4.73.